The largest absolute Gasteiger partial charge is 0.298 e. The van der Waals surface area contributed by atoms with Crippen molar-refractivity contribution in [3.05, 3.63) is 12.3 Å². The topological polar surface area (TPSA) is 12.4 Å². The van der Waals surface area contributed by atoms with Gasteiger partial charge in [0.1, 0.15) is 0 Å². The molecule has 0 aliphatic rings. The zero-order valence-electron chi connectivity index (χ0n) is 11.3. The highest BCUT2D eigenvalue weighted by atomic mass is 28.3. The van der Waals surface area contributed by atoms with E-state index in [-0.39, 0.29) is 0 Å². The highest BCUT2D eigenvalue weighted by molar-refractivity contribution is 6.64. The third-order valence-electron chi connectivity index (χ3n) is 2.93. The SMILES string of the molecule is C=C[SiH](CCC)CCC=NCCCCCC. The molecule has 94 valence electrons. The Morgan fingerprint density at radius 3 is 2.50 bits per heavy atom. The molecule has 1 nitrogen and oxygen atoms in total. The summed E-state index contributed by atoms with van der Waals surface area (Å²) in [5.74, 6) is 0. The van der Waals surface area contributed by atoms with Crippen LogP contribution in [0, 0.1) is 0 Å². The molecule has 0 aliphatic heterocycles. The van der Waals surface area contributed by atoms with Crippen molar-refractivity contribution < 1.29 is 0 Å². The van der Waals surface area contributed by atoms with E-state index in [1.165, 1.54) is 50.6 Å². The number of hydrogen-bond donors (Lipinski definition) is 0. The first-order valence-corrected chi connectivity index (χ1v) is 9.25. The van der Waals surface area contributed by atoms with Gasteiger partial charge in [-0.05, 0) is 19.1 Å². The molecule has 0 rings (SSSR count). The van der Waals surface area contributed by atoms with E-state index in [1.807, 2.05) is 0 Å². The van der Waals surface area contributed by atoms with Gasteiger partial charge in [0, 0.05) is 6.54 Å². The molecule has 0 heterocycles. The molecule has 0 amide bonds. The van der Waals surface area contributed by atoms with Crippen LogP contribution in [0.15, 0.2) is 17.3 Å². The second kappa shape index (κ2) is 12.7. The molecular formula is C14H29NSi. The Labute approximate surface area is 104 Å². The summed E-state index contributed by atoms with van der Waals surface area (Å²) in [6.45, 7) is 9.50. The summed E-state index contributed by atoms with van der Waals surface area (Å²) in [4.78, 5) is 4.47. The fraction of sp³-hybridized carbons (Fsp3) is 0.786. The fourth-order valence-corrected chi connectivity index (χ4v) is 3.93. The van der Waals surface area contributed by atoms with Crippen LogP contribution in [0.3, 0.4) is 0 Å². The lowest BCUT2D eigenvalue weighted by atomic mass is 10.2. The van der Waals surface area contributed by atoms with Gasteiger partial charge in [0.05, 0.1) is 8.80 Å². The lowest BCUT2D eigenvalue weighted by Crippen LogP contribution is -2.07. The Kier molecular flexibility index (Phi) is 12.4. The van der Waals surface area contributed by atoms with Gasteiger partial charge >= 0.3 is 0 Å². The Hall–Kier alpha value is -0.373. The fourth-order valence-electron chi connectivity index (χ4n) is 1.85. The molecule has 1 unspecified atom stereocenters. The van der Waals surface area contributed by atoms with Gasteiger partial charge in [-0.3, -0.25) is 4.99 Å². The van der Waals surface area contributed by atoms with Crippen molar-refractivity contribution in [3.63, 3.8) is 0 Å². The van der Waals surface area contributed by atoms with E-state index in [1.54, 1.807) is 0 Å². The molecule has 0 aromatic rings. The van der Waals surface area contributed by atoms with Crippen molar-refractivity contribution >= 4 is 15.0 Å². The first kappa shape index (κ1) is 15.6. The van der Waals surface area contributed by atoms with Crippen molar-refractivity contribution in [2.24, 2.45) is 4.99 Å². The van der Waals surface area contributed by atoms with Crippen LogP contribution < -0.4 is 0 Å². The molecule has 2 heteroatoms. The van der Waals surface area contributed by atoms with Crippen LogP contribution in [0.1, 0.15) is 52.4 Å². The number of aliphatic imine (C=N–C) groups is 1. The van der Waals surface area contributed by atoms with Crippen molar-refractivity contribution in [3.8, 4) is 0 Å². The first-order chi connectivity index (χ1) is 7.85. The Balaban J connectivity index is 3.34. The molecule has 0 aliphatic carbocycles. The molecule has 0 bridgehead atoms. The number of rotatable bonds is 11. The van der Waals surface area contributed by atoms with E-state index >= 15 is 0 Å². The first-order valence-electron chi connectivity index (χ1n) is 6.95. The highest BCUT2D eigenvalue weighted by Gasteiger charge is 2.02. The number of unbranched alkanes of at least 4 members (excludes halogenated alkanes) is 3. The summed E-state index contributed by atoms with van der Waals surface area (Å²) < 4.78 is 0. The van der Waals surface area contributed by atoms with Crippen LogP contribution in [0.25, 0.3) is 0 Å². The molecule has 0 saturated carbocycles. The predicted molar refractivity (Wildman–Crippen MR) is 79.4 cm³/mol. The third kappa shape index (κ3) is 10.2. The van der Waals surface area contributed by atoms with E-state index in [9.17, 15) is 0 Å². The van der Waals surface area contributed by atoms with Crippen molar-refractivity contribution in [2.75, 3.05) is 6.54 Å². The van der Waals surface area contributed by atoms with Crippen LogP contribution in [0.4, 0.5) is 0 Å². The summed E-state index contributed by atoms with van der Waals surface area (Å²) >= 11 is 0. The minimum atomic E-state index is -0.610. The maximum absolute atomic E-state index is 4.47. The Morgan fingerprint density at radius 1 is 1.06 bits per heavy atom. The van der Waals surface area contributed by atoms with Gasteiger partial charge in [-0.1, -0.05) is 51.6 Å². The summed E-state index contributed by atoms with van der Waals surface area (Å²) in [6, 6.07) is 2.77. The van der Waals surface area contributed by atoms with E-state index in [0.717, 1.165) is 6.54 Å². The normalized spacial score (nSPS) is 13.1. The van der Waals surface area contributed by atoms with Crippen LogP contribution in [0.2, 0.25) is 12.1 Å². The average molecular weight is 239 g/mol. The molecular weight excluding hydrogens is 210 g/mol. The van der Waals surface area contributed by atoms with Crippen LogP contribution in [-0.4, -0.2) is 21.6 Å². The van der Waals surface area contributed by atoms with Crippen LogP contribution in [-0.2, 0) is 0 Å². The van der Waals surface area contributed by atoms with Gasteiger partial charge < -0.3 is 0 Å². The lowest BCUT2D eigenvalue weighted by molar-refractivity contribution is 0.675. The maximum atomic E-state index is 4.47. The quantitative estimate of drug-likeness (QED) is 0.288. The van der Waals surface area contributed by atoms with Gasteiger partial charge in [0.25, 0.3) is 0 Å². The second-order valence-corrected chi connectivity index (χ2v) is 7.66. The smallest absolute Gasteiger partial charge is 0.0610 e. The average Bonchev–Trinajstić information content (AvgIpc) is 2.31. The molecule has 0 aromatic heterocycles. The van der Waals surface area contributed by atoms with Crippen molar-refractivity contribution in [1.29, 1.82) is 0 Å². The maximum Gasteiger partial charge on any atom is 0.0610 e. The monoisotopic (exact) mass is 239 g/mol. The van der Waals surface area contributed by atoms with E-state index in [2.05, 4.69) is 37.3 Å². The van der Waals surface area contributed by atoms with Crippen LogP contribution >= 0.6 is 0 Å². The van der Waals surface area contributed by atoms with Gasteiger partial charge in [0.15, 0.2) is 0 Å². The molecule has 16 heavy (non-hydrogen) atoms. The van der Waals surface area contributed by atoms with Crippen molar-refractivity contribution in [2.45, 2.75) is 64.5 Å². The molecule has 0 N–H and O–H groups in total. The van der Waals surface area contributed by atoms with Gasteiger partial charge in [0.2, 0.25) is 0 Å². The van der Waals surface area contributed by atoms with Gasteiger partial charge in [-0.2, -0.15) is 0 Å². The van der Waals surface area contributed by atoms with E-state index in [4.69, 9.17) is 0 Å². The minimum absolute atomic E-state index is 0.610. The number of hydrogen-bond acceptors (Lipinski definition) is 1. The summed E-state index contributed by atoms with van der Waals surface area (Å²) in [7, 11) is -0.610. The summed E-state index contributed by atoms with van der Waals surface area (Å²) in [6.07, 6.45) is 9.92. The summed E-state index contributed by atoms with van der Waals surface area (Å²) in [5, 5.41) is 0. The Bertz CT molecular complexity index is 178. The van der Waals surface area contributed by atoms with Gasteiger partial charge in [-0.15, -0.1) is 12.3 Å². The molecule has 0 aromatic carbocycles. The molecule has 0 spiro atoms. The minimum Gasteiger partial charge on any atom is -0.298 e. The summed E-state index contributed by atoms with van der Waals surface area (Å²) in [5.41, 5.74) is 2.23. The van der Waals surface area contributed by atoms with Crippen LogP contribution in [0.5, 0.6) is 0 Å². The standard InChI is InChI=1S/C14H29NSi/c1-4-7-8-9-11-15-12-10-14-16(6-3)13-5-2/h6,12,16H,3-5,7-11,13-14H2,1-2H3. The molecule has 1 atom stereocenters. The molecule has 0 fully saturated rings. The lowest BCUT2D eigenvalue weighted by Gasteiger charge is -2.06. The third-order valence-corrected chi connectivity index (χ3v) is 5.99. The van der Waals surface area contributed by atoms with E-state index < -0.39 is 8.80 Å². The molecule has 0 saturated heterocycles. The van der Waals surface area contributed by atoms with E-state index in [0.29, 0.717) is 0 Å². The molecule has 0 radical (unpaired) electrons. The number of nitrogens with zero attached hydrogens (tertiary/aromatic N) is 1. The predicted octanol–water partition coefficient (Wildman–Crippen LogP) is 4.39. The highest BCUT2D eigenvalue weighted by Crippen LogP contribution is 2.06. The zero-order chi connectivity index (χ0) is 12.1. The second-order valence-electron chi connectivity index (χ2n) is 4.51. The Morgan fingerprint density at radius 2 is 1.88 bits per heavy atom. The van der Waals surface area contributed by atoms with Gasteiger partial charge in [-0.25, -0.2) is 0 Å². The van der Waals surface area contributed by atoms with Crippen molar-refractivity contribution in [1.82, 2.24) is 0 Å². The zero-order valence-corrected chi connectivity index (χ0v) is 12.4.